The largest absolute Gasteiger partial charge is 0.445 e. The first-order valence-corrected chi connectivity index (χ1v) is 9.33. The van der Waals surface area contributed by atoms with Crippen molar-refractivity contribution in [1.82, 2.24) is 5.32 Å². The quantitative estimate of drug-likeness (QED) is 0.823. The zero-order valence-electron chi connectivity index (χ0n) is 11.7. The van der Waals surface area contributed by atoms with Gasteiger partial charge >= 0.3 is 6.09 Å². The standard InChI is InChI=1S/C14H16ClNO5S/c15-22(18,19)10-14-7-13(8-14,9-21-14)16-12(17)20-6-11-4-2-1-3-5-11/h1-5H,6-10H2,(H,16,17). The number of rotatable bonds is 5. The van der Waals surface area contributed by atoms with Crippen LogP contribution in [0.1, 0.15) is 18.4 Å². The molecule has 1 N–H and O–H groups in total. The highest BCUT2D eigenvalue weighted by molar-refractivity contribution is 8.13. The number of hydrogen-bond donors (Lipinski definition) is 1. The Balaban J connectivity index is 1.50. The number of carbonyl (C=O) groups excluding carboxylic acids is 1. The minimum absolute atomic E-state index is 0.185. The Bertz CT molecular complexity index is 670. The van der Waals surface area contributed by atoms with Crippen LogP contribution in [-0.2, 0) is 25.1 Å². The van der Waals surface area contributed by atoms with Gasteiger partial charge in [-0.15, -0.1) is 0 Å². The van der Waals surface area contributed by atoms with Crippen LogP contribution in [0.3, 0.4) is 0 Å². The van der Waals surface area contributed by atoms with Crippen LogP contribution in [-0.4, -0.2) is 38.0 Å². The molecule has 3 aliphatic rings. The molecule has 0 unspecified atom stereocenters. The van der Waals surface area contributed by atoms with Crippen molar-refractivity contribution in [1.29, 1.82) is 0 Å². The summed E-state index contributed by atoms with van der Waals surface area (Å²) in [5, 5.41) is 2.78. The van der Waals surface area contributed by atoms with Gasteiger partial charge in [0.15, 0.2) is 0 Å². The number of benzene rings is 1. The van der Waals surface area contributed by atoms with E-state index < -0.39 is 26.3 Å². The maximum Gasteiger partial charge on any atom is 0.407 e. The summed E-state index contributed by atoms with van der Waals surface area (Å²) in [6.45, 7) is 0.463. The van der Waals surface area contributed by atoms with Crippen LogP contribution in [0.5, 0.6) is 0 Å². The van der Waals surface area contributed by atoms with Crippen molar-refractivity contribution < 1.29 is 22.7 Å². The molecule has 2 saturated heterocycles. The third-order valence-electron chi connectivity index (χ3n) is 3.99. The van der Waals surface area contributed by atoms with E-state index in [4.69, 9.17) is 20.2 Å². The molecule has 1 aliphatic carbocycles. The summed E-state index contributed by atoms with van der Waals surface area (Å²) in [6.07, 6.45) is 0.343. The first-order valence-electron chi connectivity index (χ1n) is 6.85. The molecule has 0 spiro atoms. The van der Waals surface area contributed by atoms with E-state index in [0.717, 1.165) is 5.56 Å². The summed E-state index contributed by atoms with van der Waals surface area (Å²) in [7, 11) is 1.65. The molecule has 6 nitrogen and oxygen atoms in total. The smallest absolute Gasteiger partial charge is 0.407 e. The van der Waals surface area contributed by atoms with E-state index in [1.54, 1.807) is 0 Å². The van der Waals surface area contributed by atoms with Gasteiger partial charge in [-0.25, -0.2) is 13.2 Å². The molecule has 1 aromatic carbocycles. The molecular formula is C14H16ClNO5S. The third-order valence-corrected chi connectivity index (χ3v) is 5.19. The third kappa shape index (κ3) is 3.37. The van der Waals surface area contributed by atoms with Crippen LogP contribution in [0, 0.1) is 0 Å². The molecule has 0 atom stereocenters. The van der Waals surface area contributed by atoms with Crippen molar-refractivity contribution in [2.45, 2.75) is 30.6 Å². The summed E-state index contributed by atoms with van der Waals surface area (Å²) in [4.78, 5) is 11.9. The molecule has 2 aliphatic heterocycles. The van der Waals surface area contributed by atoms with E-state index in [2.05, 4.69) is 5.32 Å². The summed E-state index contributed by atoms with van der Waals surface area (Å²) < 4.78 is 33.0. The highest BCUT2D eigenvalue weighted by Crippen LogP contribution is 2.52. The van der Waals surface area contributed by atoms with Gasteiger partial charge < -0.3 is 14.8 Å². The van der Waals surface area contributed by atoms with Crippen molar-refractivity contribution in [3.8, 4) is 0 Å². The van der Waals surface area contributed by atoms with Crippen LogP contribution in [0.2, 0.25) is 0 Å². The molecule has 1 amide bonds. The second-order valence-electron chi connectivity index (χ2n) is 5.98. The second-order valence-corrected chi connectivity index (χ2v) is 8.75. The van der Waals surface area contributed by atoms with Gasteiger partial charge in [-0.05, 0) is 5.56 Å². The summed E-state index contributed by atoms with van der Waals surface area (Å²) in [6, 6.07) is 9.35. The number of carbonyl (C=O) groups is 1. The van der Waals surface area contributed by atoms with Gasteiger partial charge in [0, 0.05) is 23.5 Å². The van der Waals surface area contributed by atoms with Crippen molar-refractivity contribution in [2.75, 3.05) is 12.4 Å². The van der Waals surface area contributed by atoms with Crippen LogP contribution in [0.25, 0.3) is 0 Å². The van der Waals surface area contributed by atoms with Crippen LogP contribution >= 0.6 is 10.7 Å². The molecule has 120 valence electrons. The lowest BCUT2D eigenvalue weighted by Gasteiger charge is -2.43. The maximum absolute atomic E-state index is 11.9. The van der Waals surface area contributed by atoms with E-state index in [1.807, 2.05) is 30.3 Å². The molecule has 1 saturated carbocycles. The SMILES string of the molecule is O=C(NC12COC(CS(=O)(=O)Cl)(C1)C2)OCc1ccccc1. The number of amides is 1. The lowest BCUT2D eigenvalue weighted by atomic mass is 9.69. The first kappa shape index (κ1) is 15.6. The van der Waals surface area contributed by atoms with Crippen LogP contribution < -0.4 is 5.32 Å². The molecule has 2 heterocycles. The predicted octanol–water partition coefficient (Wildman–Crippen LogP) is 1.78. The fourth-order valence-corrected chi connectivity index (χ4v) is 4.75. The van der Waals surface area contributed by atoms with Crippen LogP contribution in [0.15, 0.2) is 30.3 Å². The molecule has 4 rings (SSSR count). The van der Waals surface area contributed by atoms with Crippen molar-refractivity contribution in [2.24, 2.45) is 0 Å². The van der Waals surface area contributed by atoms with Crippen molar-refractivity contribution in [3.63, 3.8) is 0 Å². The molecule has 22 heavy (non-hydrogen) atoms. The number of fused-ring (bicyclic) bond motifs is 1. The Morgan fingerprint density at radius 1 is 1.32 bits per heavy atom. The Hall–Kier alpha value is -1.31. The van der Waals surface area contributed by atoms with E-state index >= 15 is 0 Å². The van der Waals surface area contributed by atoms with Gasteiger partial charge in [0.2, 0.25) is 9.05 Å². The number of nitrogens with one attached hydrogen (secondary N) is 1. The lowest BCUT2D eigenvalue weighted by molar-refractivity contribution is 0.0154. The Morgan fingerprint density at radius 3 is 2.64 bits per heavy atom. The molecule has 2 bridgehead atoms. The molecule has 0 radical (unpaired) electrons. The number of halogens is 1. The Labute approximate surface area is 133 Å². The number of hydrogen-bond acceptors (Lipinski definition) is 5. The number of ether oxygens (including phenoxy) is 2. The fourth-order valence-electron chi connectivity index (χ4n) is 3.24. The fraction of sp³-hybridized carbons (Fsp3) is 0.500. The van der Waals surface area contributed by atoms with Gasteiger partial charge in [-0.2, -0.15) is 0 Å². The molecular weight excluding hydrogens is 330 g/mol. The van der Waals surface area contributed by atoms with E-state index in [-0.39, 0.29) is 19.0 Å². The normalized spacial score (nSPS) is 29.7. The van der Waals surface area contributed by atoms with E-state index in [9.17, 15) is 13.2 Å². The van der Waals surface area contributed by atoms with Crippen molar-refractivity contribution >= 4 is 25.8 Å². The average molecular weight is 346 g/mol. The monoisotopic (exact) mass is 345 g/mol. The van der Waals surface area contributed by atoms with Gasteiger partial charge in [0.05, 0.1) is 23.5 Å². The van der Waals surface area contributed by atoms with Gasteiger partial charge in [-0.3, -0.25) is 0 Å². The summed E-state index contributed by atoms with van der Waals surface area (Å²) >= 11 is 0. The van der Waals surface area contributed by atoms with Gasteiger partial charge in [0.1, 0.15) is 6.61 Å². The Kier molecular flexibility index (Phi) is 3.82. The molecule has 8 heteroatoms. The average Bonchev–Trinajstić information content (AvgIpc) is 2.90. The Morgan fingerprint density at radius 2 is 2.00 bits per heavy atom. The van der Waals surface area contributed by atoms with E-state index in [0.29, 0.717) is 12.8 Å². The highest BCUT2D eigenvalue weighted by atomic mass is 35.7. The minimum Gasteiger partial charge on any atom is -0.445 e. The molecule has 0 aromatic heterocycles. The van der Waals surface area contributed by atoms with Gasteiger partial charge in [-0.1, -0.05) is 30.3 Å². The highest BCUT2D eigenvalue weighted by Gasteiger charge is 2.64. The maximum atomic E-state index is 11.9. The first-order chi connectivity index (χ1) is 10.3. The van der Waals surface area contributed by atoms with Crippen molar-refractivity contribution in [3.05, 3.63) is 35.9 Å². The summed E-state index contributed by atoms with van der Waals surface area (Å²) in [5.74, 6) is -0.232. The van der Waals surface area contributed by atoms with Crippen LogP contribution in [0.4, 0.5) is 4.79 Å². The molecule has 3 fully saturated rings. The van der Waals surface area contributed by atoms with E-state index in [1.165, 1.54) is 0 Å². The second kappa shape index (κ2) is 5.40. The summed E-state index contributed by atoms with van der Waals surface area (Å²) in [5.41, 5.74) is -0.392. The zero-order valence-corrected chi connectivity index (χ0v) is 13.3. The molecule has 1 aromatic rings. The topological polar surface area (TPSA) is 81.7 Å². The van der Waals surface area contributed by atoms with Gasteiger partial charge in [0.25, 0.3) is 0 Å². The predicted molar refractivity (Wildman–Crippen MR) is 80.1 cm³/mol. The zero-order chi connectivity index (χ0) is 15.8. The number of alkyl carbamates (subject to hydrolysis) is 1. The lowest BCUT2D eigenvalue weighted by Crippen LogP contribution is -2.61. The minimum atomic E-state index is -3.63.